The predicted molar refractivity (Wildman–Crippen MR) is 60.6 cm³/mol. The van der Waals surface area contributed by atoms with Gasteiger partial charge < -0.3 is 5.11 Å². The molecular formula is C12H22BO. The number of hydrogen-bond acceptors (Lipinski definition) is 1. The standard InChI is InChI=1S/C12H22BO/c1-10(2,3)11-6-4-8-12(14,13-11)9-5-7-11/h14H,4-9H2,1-3H3. The number of hydrogen-bond donors (Lipinski definition) is 1. The molecule has 0 aromatic carbocycles. The second-order valence-electron chi connectivity index (χ2n) is 6.36. The van der Waals surface area contributed by atoms with Crippen molar-refractivity contribution in [2.75, 3.05) is 0 Å². The van der Waals surface area contributed by atoms with Crippen molar-refractivity contribution in [3.05, 3.63) is 0 Å². The highest BCUT2D eigenvalue weighted by atomic mass is 16.3. The van der Waals surface area contributed by atoms with Gasteiger partial charge in [-0.05, 0) is 23.6 Å². The Kier molecular flexibility index (Phi) is 2.26. The third-order valence-electron chi connectivity index (χ3n) is 4.50. The van der Waals surface area contributed by atoms with Crippen molar-refractivity contribution >= 4 is 7.28 Å². The van der Waals surface area contributed by atoms with Crippen molar-refractivity contribution in [1.29, 1.82) is 0 Å². The second-order valence-corrected chi connectivity index (χ2v) is 6.36. The van der Waals surface area contributed by atoms with E-state index < -0.39 is 5.50 Å². The molecule has 1 nitrogen and oxygen atoms in total. The van der Waals surface area contributed by atoms with Gasteiger partial charge in [-0.2, -0.15) is 0 Å². The number of fused-ring (bicyclic) bond motifs is 2. The van der Waals surface area contributed by atoms with Gasteiger partial charge in [0.2, 0.25) is 0 Å². The molecule has 1 radical (unpaired) electrons. The monoisotopic (exact) mass is 193 g/mol. The fraction of sp³-hybridized carbons (Fsp3) is 1.00. The average Bonchev–Trinajstić information content (AvgIpc) is 2.00. The highest BCUT2D eigenvalue weighted by molar-refractivity contribution is 6.44. The van der Waals surface area contributed by atoms with Gasteiger partial charge in [0, 0.05) is 5.50 Å². The topological polar surface area (TPSA) is 20.2 Å². The third kappa shape index (κ3) is 1.52. The van der Waals surface area contributed by atoms with Gasteiger partial charge in [0.15, 0.2) is 7.28 Å². The van der Waals surface area contributed by atoms with Crippen LogP contribution in [-0.2, 0) is 0 Å². The van der Waals surface area contributed by atoms with Crippen LogP contribution in [0.4, 0.5) is 0 Å². The summed E-state index contributed by atoms with van der Waals surface area (Å²) < 4.78 is 0. The molecule has 0 aromatic rings. The lowest BCUT2D eigenvalue weighted by molar-refractivity contribution is 0.0413. The zero-order chi connectivity index (χ0) is 10.4. The van der Waals surface area contributed by atoms with Gasteiger partial charge in [-0.25, -0.2) is 0 Å². The molecule has 0 aliphatic carbocycles. The Labute approximate surface area is 88.5 Å². The van der Waals surface area contributed by atoms with E-state index in [4.69, 9.17) is 0 Å². The number of rotatable bonds is 0. The predicted octanol–water partition coefficient (Wildman–Crippen LogP) is 2.95. The molecule has 2 bridgehead atoms. The van der Waals surface area contributed by atoms with Crippen molar-refractivity contribution in [3.8, 4) is 0 Å². The van der Waals surface area contributed by atoms with Crippen LogP contribution in [0.25, 0.3) is 0 Å². The van der Waals surface area contributed by atoms with E-state index in [1.54, 1.807) is 0 Å². The average molecular weight is 193 g/mol. The molecule has 2 aliphatic rings. The van der Waals surface area contributed by atoms with Crippen molar-refractivity contribution in [2.24, 2.45) is 5.41 Å². The van der Waals surface area contributed by atoms with Crippen LogP contribution < -0.4 is 0 Å². The Morgan fingerprint density at radius 3 is 1.86 bits per heavy atom. The fourth-order valence-corrected chi connectivity index (χ4v) is 3.44. The molecule has 79 valence electrons. The quantitative estimate of drug-likeness (QED) is 0.586. The Balaban J connectivity index is 2.27. The van der Waals surface area contributed by atoms with E-state index in [9.17, 15) is 5.11 Å². The van der Waals surface area contributed by atoms with Crippen LogP contribution in [0.2, 0.25) is 5.31 Å². The minimum Gasteiger partial charge on any atom is -0.399 e. The molecule has 2 fully saturated rings. The Morgan fingerprint density at radius 1 is 1.00 bits per heavy atom. The molecule has 0 amide bonds. The molecule has 2 heteroatoms. The van der Waals surface area contributed by atoms with Crippen molar-refractivity contribution in [3.63, 3.8) is 0 Å². The van der Waals surface area contributed by atoms with E-state index >= 15 is 0 Å². The van der Waals surface area contributed by atoms with Crippen LogP contribution in [0, 0.1) is 5.41 Å². The van der Waals surface area contributed by atoms with Gasteiger partial charge in [0.1, 0.15) is 0 Å². The van der Waals surface area contributed by atoms with Gasteiger partial charge in [0.05, 0.1) is 0 Å². The molecule has 1 N–H and O–H groups in total. The van der Waals surface area contributed by atoms with Gasteiger partial charge in [-0.3, -0.25) is 0 Å². The summed E-state index contributed by atoms with van der Waals surface area (Å²) in [4.78, 5) is 0. The van der Waals surface area contributed by atoms with E-state index in [-0.39, 0.29) is 0 Å². The molecule has 0 atom stereocenters. The maximum atomic E-state index is 10.4. The lowest BCUT2D eigenvalue weighted by Crippen LogP contribution is -2.54. The highest BCUT2D eigenvalue weighted by Gasteiger charge is 2.52. The first-order valence-corrected chi connectivity index (χ1v) is 5.97. The minimum atomic E-state index is -0.427. The molecule has 2 heterocycles. The summed E-state index contributed by atoms with van der Waals surface area (Å²) in [6.45, 7) is 6.96. The largest absolute Gasteiger partial charge is 0.399 e. The molecule has 0 unspecified atom stereocenters. The van der Waals surface area contributed by atoms with Gasteiger partial charge >= 0.3 is 0 Å². The number of aliphatic hydroxyl groups is 1. The summed E-state index contributed by atoms with van der Waals surface area (Å²) in [6.07, 6.45) is 6.93. The highest BCUT2D eigenvalue weighted by Crippen LogP contribution is 2.59. The summed E-state index contributed by atoms with van der Waals surface area (Å²) in [5.74, 6) is 0. The van der Waals surface area contributed by atoms with Gasteiger partial charge in [-0.15, -0.1) is 0 Å². The maximum absolute atomic E-state index is 10.4. The van der Waals surface area contributed by atoms with E-state index in [0.29, 0.717) is 10.7 Å². The Bertz CT molecular complexity index is 219. The van der Waals surface area contributed by atoms with E-state index in [0.717, 1.165) is 12.8 Å². The summed E-state index contributed by atoms with van der Waals surface area (Å²) in [5, 5.41) is 10.7. The molecule has 0 saturated carbocycles. The first-order chi connectivity index (χ1) is 6.37. The molecule has 14 heavy (non-hydrogen) atoms. The molecule has 0 aromatic heterocycles. The first kappa shape index (κ1) is 10.5. The van der Waals surface area contributed by atoms with Crippen LogP contribution >= 0.6 is 0 Å². The Hall–Kier alpha value is 0.0249. The van der Waals surface area contributed by atoms with Crippen molar-refractivity contribution in [1.82, 2.24) is 0 Å². The fourth-order valence-electron chi connectivity index (χ4n) is 3.44. The van der Waals surface area contributed by atoms with Crippen LogP contribution in [0.15, 0.2) is 0 Å². The van der Waals surface area contributed by atoms with Crippen LogP contribution in [0.3, 0.4) is 0 Å². The lowest BCUT2D eigenvalue weighted by Gasteiger charge is -2.55. The molecule has 2 saturated heterocycles. The molecule has 2 rings (SSSR count). The molecular weight excluding hydrogens is 171 g/mol. The lowest BCUT2D eigenvalue weighted by atomic mass is 9.29. The first-order valence-electron chi connectivity index (χ1n) is 5.97. The summed E-state index contributed by atoms with van der Waals surface area (Å²) in [7, 11) is 2.30. The van der Waals surface area contributed by atoms with Crippen LogP contribution in [0.1, 0.15) is 59.3 Å². The van der Waals surface area contributed by atoms with Gasteiger partial charge in [-0.1, -0.05) is 46.5 Å². The van der Waals surface area contributed by atoms with E-state index in [1.807, 2.05) is 0 Å². The normalized spacial score (nSPS) is 43.1. The molecule has 2 aliphatic heterocycles. The van der Waals surface area contributed by atoms with Crippen molar-refractivity contribution in [2.45, 2.75) is 70.1 Å². The third-order valence-corrected chi connectivity index (χ3v) is 4.50. The Morgan fingerprint density at radius 2 is 1.50 bits per heavy atom. The zero-order valence-corrected chi connectivity index (χ0v) is 9.77. The zero-order valence-electron chi connectivity index (χ0n) is 9.77. The van der Waals surface area contributed by atoms with Crippen molar-refractivity contribution < 1.29 is 5.11 Å². The maximum Gasteiger partial charge on any atom is 0.161 e. The second kappa shape index (κ2) is 3.01. The summed E-state index contributed by atoms with van der Waals surface area (Å²) in [6, 6.07) is 0. The van der Waals surface area contributed by atoms with E-state index in [2.05, 4.69) is 28.1 Å². The SMILES string of the molecule is CC(C)(C)C12[B]C(O)(CCC1)CCC2. The van der Waals surface area contributed by atoms with Gasteiger partial charge in [0.25, 0.3) is 0 Å². The summed E-state index contributed by atoms with van der Waals surface area (Å²) >= 11 is 0. The summed E-state index contributed by atoms with van der Waals surface area (Å²) in [5.41, 5.74) is -0.119. The van der Waals surface area contributed by atoms with Crippen LogP contribution in [-0.4, -0.2) is 17.9 Å². The molecule has 0 spiro atoms. The smallest absolute Gasteiger partial charge is 0.161 e. The van der Waals surface area contributed by atoms with E-state index in [1.165, 1.54) is 25.7 Å². The van der Waals surface area contributed by atoms with Crippen LogP contribution in [0.5, 0.6) is 0 Å². The minimum absolute atomic E-state index is 0.304.